The van der Waals surface area contributed by atoms with Crippen molar-refractivity contribution >= 4 is 49.3 Å². The highest BCUT2D eigenvalue weighted by molar-refractivity contribution is 6.26. The van der Waals surface area contributed by atoms with Gasteiger partial charge >= 0.3 is 0 Å². The highest BCUT2D eigenvalue weighted by Gasteiger charge is 2.22. The van der Waals surface area contributed by atoms with Crippen LogP contribution < -0.4 is 0 Å². The highest BCUT2D eigenvalue weighted by atomic mass is 15.1. The maximum Gasteiger partial charge on any atom is 0.179 e. The molecular weight excluding hydrogens is 611 g/mol. The van der Waals surface area contributed by atoms with Crippen LogP contribution in [0.15, 0.2) is 164 Å². The molecule has 0 aliphatic heterocycles. The van der Waals surface area contributed by atoms with Crippen molar-refractivity contribution in [2.45, 2.75) is 12.8 Å². The molecule has 236 valence electrons. The fourth-order valence-electron chi connectivity index (χ4n) is 7.54. The first kappa shape index (κ1) is 28.4. The summed E-state index contributed by atoms with van der Waals surface area (Å²) in [6, 6.07) is 50.8. The fourth-order valence-corrected chi connectivity index (χ4v) is 7.54. The molecule has 0 N–H and O–H groups in total. The Hall–Kier alpha value is -6.59. The Labute approximate surface area is 289 Å². The van der Waals surface area contributed by atoms with Crippen LogP contribution in [0.25, 0.3) is 89.2 Å². The summed E-state index contributed by atoms with van der Waals surface area (Å²) < 4.78 is 4.75. The van der Waals surface area contributed by atoms with E-state index in [4.69, 9.17) is 15.0 Å². The van der Waals surface area contributed by atoms with Gasteiger partial charge in [0.2, 0.25) is 0 Å². The highest BCUT2D eigenvalue weighted by Crippen LogP contribution is 2.42. The van der Waals surface area contributed by atoms with Gasteiger partial charge in [0.1, 0.15) is 11.5 Å². The topological polar surface area (TPSA) is 48.5 Å². The minimum absolute atomic E-state index is 0.589. The SMILES string of the molecule is C1=CC(n2c3ccccc3c3c2ccc2c4ccccc4n(-c4cccc(-c5nc(-c6ccccc6)cc(-c6ccccc6)n5)n4)c23)=CCC1. The average Bonchev–Trinajstić information content (AvgIpc) is 3.72. The van der Waals surface area contributed by atoms with Gasteiger partial charge in [-0.1, -0.05) is 121 Å². The van der Waals surface area contributed by atoms with Crippen molar-refractivity contribution in [3.63, 3.8) is 0 Å². The molecule has 50 heavy (non-hydrogen) atoms. The van der Waals surface area contributed by atoms with E-state index >= 15 is 0 Å². The molecule has 0 fully saturated rings. The van der Waals surface area contributed by atoms with Crippen LogP contribution in [0.3, 0.4) is 0 Å². The van der Waals surface area contributed by atoms with Gasteiger partial charge in [-0.3, -0.25) is 4.57 Å². The van der Waals surface area contributed by atoms with Crippen LogP contribution in [-0.2, 0) is 0 Å². The van der Waals surface area contributed by atoms with E-state index in [0.29, 0.717) is 5.82 Å². The summed E-state index contributed by atoms with van der Waals surface area (Å²) >= 11 is 0. The molecule has 0 radical (unpaired) electrons. The molecule has 1 aliphatic rings. The van der Waals surface area contributed by atoms with E-state index < -0.39 is 0 Å². The molecule has 0 saturated carbocycles. The average molecular weight is 642 g/mol. The Balaban J connectivity index is 1.25. The molecule has 4 aromatic heterocycles. The summed E-state index contributed by atoms with van der Waals surface area (Å²) in [6.45, 7) is 0. The molecule has 10 rings (SSSR count). The quantitative estimate of drug-likeness (QED) is 0.188. The van der Waals surface area contributed by atoms with Crippen LogP contribution in [0.4, 0.5) is 0 Å². The molecular formula is C45H31N5. The number of fused-ring (bicyclic) bond motifs is 7. The number of nitrogens with zero attached hydrogens (tertiary/aromatic N) is 5. The van der Waals surface area contributed by atoms with Crippen LogP contribution in [0.2, 0.25) is 0 Å². The van der Waals surface area contributed by atoms with Gasteiger partial charge < -0.3 is 4.57 Å². The van der Waals surface area contributed by atoms with Crippen molar-refractivity contribution in [2.24, 2.45) is 0 Å². The minimum Gasteiger partial charge on any atom is -0.310 e. The first-order chi connectivity index (χ1) is 24.8. The minimum atomic E-state index is 0.589. The monoisotopic (exact) mass is 641 g/mol. The van der Waals surface area contributed by atoms with E-state index in [9.17, 15) is 0 Å². The fraction of sp³-hybridized carbons (Fsp3) is 0.0444. The summed E-state index contributed by atoms with van der Waals surface area (Å²) in [4.78, 5) is 15.5. The van der Waals surface area contributed by atoms with Crippen LogP contribution in [-0.4, -0.2) is 24.1 Å². The van der Waals surface area contributed by atoms with Gasteiger partial charge in [-0.05, 0) is 55.3 Å². The predicted molar refractivity (Wildman–Crippen MR) is 206 cm³/mol. The van der Waals surface area contributed by atoms with Gasteiger partial charge in [0.25, 0.3) is 0 Å². The number of rotatable bonds is 5. The van der Waals surface area contributed by atoms with E-state index in [-0.39, 0.29) is 0 Å². The van der Waals surface area contributed by atoms with E-state index in [1.807, 2.05) is 42.5 Å². The van der Waals surface area contributed by atoms with Gasteiger partial charge in [-0.25, -0.2) is 15.0 Å². The second kappa shape index (κ2) is 11.5. The summed E-state index contributed by atoms with van der Waals surface area (Å²) in [5, 5.41) is 4.83. The molecule has 5 nitrogen and oxygen atoms in total. The van der Waals surface area contributed by atoms with Crippen molar-refractivity contribution < 1.29 is 0 Å². The molecule has 0 unspecified atom stereocenters. The largest absolute Gasteiger partial charge is 0.310 e. The zero-order valence-corrected chi connectivity index (χ0v) is 27.2. The Morgan fingerprint density at radius 1 is 0.460 bits per heavy atom. The predicted octanol–water partition coefficient (Wildman–Crippen LogP) is 11.3. The number of aromatic nitrogens is 5. The lowest BCUT2D eigenvalue weighted by atomic mass is 10.1. The lowest BCUT2D eigenvalue weighted by Gasteiger charge is -2.13. The Morgan fingerprint density at radius 2 is 1.12 bits per heavy atom. The maximum absolute atomic E-state index is 5.35. The second-order valence-corrected chi connectivity index (χ2v) is 12.7. The summed E-state index contributed by atoms with van der Waals surface area (Å²) in [5.74, 6) is 1.41. The van der Waals surface area contributed by atoms with Gasteiger partial charge in [-0.15, -0.1) is 0 Å². The summed E-state index contributed by atoms with van der Waals surface area (Å²) in [7, 11) is 0. The maximum atomic E-state index is 5.35. The molecule has 0 amide bonds. The van der Waals surface area contributed by atoms with Crippen LogP contribution in [0.5, 0.6) is 0 Å². The number of allylic oxidation sites excluding steroid dienone is 4. The third-order valence-corrected chi connectivity index (χ3v) is 9.76. The molecule has 5 aromatic carbocycles. The zero-order valence-electron chi connectivity index (χ0n) is 27.2. The van der Waals surface area contributed by atoms with Crippen molar-refractivity contribution in [3.8, 4) is 39.9 Å². The Morgan fingerprint density at radius 3 is 1.82 bits per heavy atom. The smallest absolute Gasteiger partial charge is 0.179 e. The summed E-state index contributed by atoms with van der Waals surface area (Å²) in [6.07, 6.45) is 9.00. The molecule has 9 aromatic rings. The number of pyridine rings is 1. The van der Waals surface area contributed by atoms with E-state index in [1.165, 1.54) is 38.3 Å². The van der Waals surface area contributed by atoms with E-state index in [2.05, 4.69) is 130 Å². The summed E-state index contributed by atoms with van der Waals surface area (Å²) in [5.41, 5.74) is 10.4. The van der Waals surface area contributed by atoms with Crippen molar-refractivity contribution in [1.29, 1.82) is 0 Å². The lowest BCUT2D eigenvalue weighted by Crippen LogP contribution is -2.02. The first-order valence-corrected chi connectivity index (χ1v) is 17.1. The van der Waals surface area contributed by atoms with Crippen LogP contribution in [0.1, 0.15) is 12.8 Å². The van der Waals surface area contributed by atoms with Gasteiger partial charge in [0.05, 0.1) is 33.5 Å². The number of para-hydroxylation sites is 2. The Kier molecular flexibility index (Phi) is 6.56. The number of hydrogen-bond donors (Lipinski definition) is 0. The first-order valence-electron chi connectivity index (χ1n) is 17.1. The van der Waals surface area contributed by atoms with Crippen molar-refractivity contribution in [1.82, 2.24) is 24.1 Å². The standard InChI is InChI=1S/C45H31N5/c1-4-15-30(16-5-1)37-29-38(31-17-6-2-7-18-31)48-45(47-37)36-23-14-26-42(46-36)50-39-24-12-10-21-33(39)34-27-28-41-43(44(34)50)35-22-11-13-25-40(35)49(41)32-19-8-3-9-20-32/h1-2,4-8,10-29H,3,9H2. The van der Waals surface area contributed by atoms with Crippen LogP contribution >= 0.6 is 0 Å². The molecule has 4 heterocycles. The molecule has 0 atom stereocenters. The second-order valence-electron chi connectivity index (χ2n) is 12.7. The zero-order chi connectivity index (χ0) is 33.0. The molecule has 1 aliphatic carbocycles. The van der Waals surface area contributed by atoms with Gasteiger partial charge in [-0.2, -0.15) is 0 Å². The lowest BCUT2D eigenvalue weighted by molar-refractivity contribution is 1.02. The van der Waals surface area contributed by atoms with Gasteiger partial charge in [0, 0.05) is 38.4 Å². The normalized spacial score (nSPS) is 13.1. The van der Waals surface area contributed by atoms with E-state index in [1.54, 1.807) is 0 Å². The third-order valence-electron chi connectivity index (χ3n) is 9.76. The molecule has 5 heteroatoms. The number of benzene rings is 5. The number of hydrogen-bond acceptors (Lipinski definition) is 3. The molecule has 0 bridgehead atoms. The van der Waals surface area contributed by atoms with Crippen LogP contribution in [0, 0.1) is 0 Å². The van der Waals surface area contributed by atoms with Crippen molar-refractivity contribution in [2.75, 3.05) is 0 Å². The van der Waals surface area contributed by atoms with E-state index in [0.717, 1.165) is 57.9 Å². The molecule has 0 saturated heterocycles. The third kappa shape index (κ3) is 4.51. The van der Waals surface area contributed by atoms with Gasteiger partial charge in [0.15, 0.2) is 5.82 Å². The Bertz CT molecular complexity index is 2750. The molecule has 0 spiro atoms. The van der Waals surface area contributed by atoms with Crippen molar-refractivity contribution in [3.05, 3.63) is 164 Å².